The summed E-state index contributed by atoms with van der Waals surface area (Å²) in [6.07, 6.45) is 0.498. The molecular formula is C26H27FN2O5S. The van der Waals surface area contributed by atoms with E-state index in [1.54, 1.807) is 0 Å². The van der Waals surface area contributed by atoms with E-state index in [9.17, 15) is 22.4 Å². The summed E-state index contributed by atoms with van der Waals surface area (Å²) in [5.41, 5.74) is 1.06. The maximum atomic E-state index is 13.8. The Bertz CT molecular complexity index is 1260. The molecule has 0 radical (unpaired) electrons. The van der Waals surface area contributed by atoms with Gasteiger partial charge in [0.25, 0.3) is 15.9 Å². The Labute approximate surface area is 204 Å². The fourth-order valence-electron chi connectivity index (χ4n) is 3.26. The predicted octanol–water partition coefficient (Wildman–Crippen LogP) is 4.31. The van der Waals surface area contributed by atoms with E-state index in [0.717, 1.165) is 18.9 Å². The van der Waals surface area contributed by atoms with Crippen molar-refractivity contribution in [2.24, 2.45) is 0 Å². The minimum atomic E-state index is -4.06. The zero-order chi connectivity index (χ0) is 25.4. The van der Waals surface area contributed by atoms with Gasteiger partial charge in [0.15, 0.2) is 6.10 Å². The molecule has 0 heterocycles. The monoisotopic (exact) mass is 498 g/mol. The quantitative estimate of drug-likeness (QED) is 0.406. The van der Waals surface area contributed by atoms with Crippen LogP contribution in [0.5, 0.6) is 0 Å². The van der Waals surface area contributed by atoms with Crippen molar-refractivity contribution >= 4 is 27.6 Å². The molecule has 0 bridgehead atoms. The number of anilines is 1. The van der Waals surface area contributed by atoms with E-state index in [0.29, 0.717) is 0 Å². The number of esters is 1. The molecule has 2 N–H and O–H groups in total. The summed E-state index contributed by atoms with van der Waals surface area (Å²) in [6, 6.07) is 20.1. The highest BCUT2D eigenvalue weighted by Crippen LogP contribution is 2.19. The predicted molar refractivity (Wildman–Crippen MR) is 131 cm³/mol. The van der Waals surface area contributed by atoms with Gasteiger partial charge in [0.2, 0.25) is 0 Å². The van der Waals surface area contributed by atoms with E-state index in [4.69, 9.17) is 4.74 Å². The standard InChI is InChI=1S/C26H27FN2O5S/c1-18(12-13-20-8-4-3-5-9-20)28-25(30)19(2)34-26(31)21-14-16-22(17-15-21)35(32,33)29-24-11-7-6-10-23(24)27/h3-11,14-19,29H,12-13H2,1-2H3,(H,28,30)/t18-,19-/m0/s1. The van der Waals surface area contributed by atoms with Gasteiger partial charge in [0, 0.05) is 6.04 Å². The van der Waals surface area contributed by atoms with Crippen molar-refractivity contribution < 1.29 is 27.1 Å². The second-order valence-electron chi connectivity index (χ2n) is 8.09. The largest absolute Gasteiger partial charge is 0.449 e. The Morgan fingerprint density at radius 1 is 0.914 bits per heavy atom. The van der Waals surface area contributed by atoms with Crippen LogP contribution < -0.4 is 10.0 Å². The summed E-state index contributed by atoms with van der Waals surface area (Å²) in [6.45, 7) is 3.35. The number of nitrogens with one attached hydrogen (secondary N) is 2. The first-order chi connectivity index (χ1) is 16.7. The number of carbonyl (C=O) groups is 2. The summed E-state index contributed by atoms with van der Waals surface area (Å²) < 4.78 is 46.2. The molecule has 2 atom stereocenters. The topological polar surface area (TPSA) is 102 Å². The molecule has 0 unspecified atom stereocenters. The van der Waals surface area contributed by atoms with E-state index in [2.05, 4.69) is 10.0 Å². The molecule has 184 valence electrons. The third kappa shape index (κ3) is 7.38. The van der Waals surface area contributed by atoms with Crippen molar-refractivity contribution in [3.8, 4) is 0 Å². The van der Waals surface area contributed by atoms with Crippen LogP contribution in [0.4, 0.5) is 10.1 Å². The van der Waals surface area contributed by atoms with Gasteiger partial charge in [-0.15, -0.1) is 0 Å². The highest BCUT2D eigenvalue weighted by Gasteiger charge is 2.22. The first-order valence-corrected chi connectivity index (χ1v) is 12.6. The van der Waals surface area contributed by atoms with Crippen molar-refractivity contribution in [1.82, 2.24) is 5.32 Å². The molecule has 0 aromatic heterocycles. The van der Waals surface area contributed by atoms with Gasteiger partial charge in [-0.05, 0) is 68.7 Å². The van der Waals surface area contributed by atoms with Crippen molar-refractivity contribution in [3.05, 3.63) is 95.8 Å². The molecule has 0 saturated heterocycles. The number of para-hydroxylation sites is 1. The lowest BCUT2D eigenvalue weighted by atomic mass is 10.1. The van der Waals surface area contributed by atoms with Gasteiger partial charge in [0.05, 0.1) is 16.1 Å². The zero-order valence-electron chi connectivity index (χ0n) is 19.4. The molecule has 3 aromatic rings. The molecule has 0 aliphatic heterocycles. The third-order valence-electron chi connectivity index (χ3n) is 5.27. The molecule has 1 amide bonds. The molecule has 3 aromatic carbocycles. The average Bonchev–Trinajstić information content (AvgIpc) is 2.84. The Morgan fingerprint density at radius 2 is 1.54 bits per heavy atom. The van der Waals surface area contributed by atoms with E-state index < -0.39 is 33.8 Å². The van der Waals surface area contributed by atoms with Crippen LogP contribution in [-0.4, -0.2) is 32.4 Å². The van der Waals surface area contributed by atoms with Crippen LogP contribution >= 0.6 is 0 Å². The first-order valence-electron chi connectivity index (χ1n) is 11.1. The van der Waals surface area contributed by atoms with Crippen LogP contribution in [-0.2, 0) is 26.0 Å². The Balaban J connectivity index is 1.53. The maximum absolute atomic E-state index is 13.8. The van der Waals surface area contributed by atoms with Crippen LogP contribution in [0.1, 0.15) is 36.2 Å². The SMILES string of the molecule is C[C@H](OC(=O)c1ccc(S(=O)(=O)Nc2ccccc2F)cc1)C(=O)N[C@@H](C)CCc1ccccc1. The second kappa shape index (κ2) is 11.6. The number of rotatable bonds is 10. The van der Waals surface area contributed by atoms with Crippen LogP contribution in [0.2, 0.25) is 0 Å². The summed E-state index contributed by atoms with van der Waals surface area (Å²) in [5, 5.41) is 2.83. The molecule has 35 heavy (non-hydrogen) atoms. The van der Waals surface area contributed by atoms with Crippen molar-refractivity contribution in [2.75, 3.05) is 4.72 Å². The molecule has 3 rings (SSSR count). The highest BCUT2D eigenvalue weighted by atomic mass is 32.2. The Hall–Kier alpha value is -3.72. The molecule has 0 spiro atoms. The molecular weight excluding hydrogens is 471 g/mol. The van der Waals surface area contributed by atoms with E-state index >= 15 is 0 Å². The maximum Gasteiger partial charge on any atom is 0.338 e. The zero-order valence-corrected chi connectivity index (χ0v) is 20.2. The normalized spacial score (nSPS) is 12.9. The van der Waals surface area contributed by atoms with Gasteiger partial charge in [-0.25, -0.2) is 17.6 Å². The van der Waals surface area contributed by atoms with E-state index in [1.807, 2.05) is 37.3 Å². The fraction of sp³-hybridized carbons (Fsp3) is 0.231. The minimum absolute atomic E-state index is 0.0756. The lowest BCUT2D eigenvalue weighted by molar-refractivity contribution is -0.129. The Kier molecular flexibility index (Phi) is 8.59. The van der Waals surface area contributed by atoms with Gasteiger partial charge >= 0.3 is 5.97 Å². The van der Waals surface area contributed by atoms with Gasteiger partial charge in [-0.3, -0.25) is 9.52 Å². The number of carbonyl (C=O) groups excluding carboxylic acids is 2. The molecule has 0 saturated carbocycles. The van der Waals surface area contributed by atoms with Crippen molar-refractivity contribution in [1.29, 1.82) is 0 Å². The number of hydrogen-bond acceptors (Lipinski definition) is 5. The number of hydrogen-bond donors (Lipinski definition) is 2. The van der Waals surface area contributed by atoms with Crippen LogP contribution in [0.25, 0.3) is 0 Å². The number of halogens is 1. The van der Waals surface area contributed by atoms with Gasteiger partial charge < -0.3 is 10.1 Å². The number of ether oxygens (including phenoxy) is 1. The highest BCUT2D eigenvalue weighted by molar-refractivity contribution is 7.92. The van der Waals surface area contributed by atoms with Crippen LogP contribution in [0.15, 0.2) is 83.8 Å². The Morgan fingerprint density at radius 3 is 2.20 bits per heavy atom. The average molecular weight is 499 g/mol. The fourth-order valence-corrected chi connectivity index (χ4v) is 4.33. The van der Waals surface area contributed by atoms with Crippen molar-refractivity contribution in [3.63, 3.8) is 0 Å². The summed E-state index contributed by atoms with van der Waals surface area (Å²) >= 11 is 0. The smallest absolute Gasteiger partial charge is 0.338 e. The molecule has 9 heteroatoms. The summed E-state index contributed by atoms with van der Waals surface area (Å²) in [7, 11) is -4.06. The van der Waals surface area contributed by atoms with Gasteiger partial charge in [-0.1, -0.05) is 42.5 Å². The number of sulfonamides is 1. The molecule has 0 aliphatic carbocycles. The third-order valence-corrected chi connectivity index (χ3v) is 6.65. The minimum Gasteiger partial charge on any atom is -0.449 e. The van der Waals surface area contributed by atoms with E-state index in [-0.39, 0.29) is 22.2 Å². The van der Waals surface area contributed by atoms with E-state index in [1.165, 1.54) is 55.0 Å². The molecule has 0 fully saturated rings. The number of aryl methyl sites for hydroxylation is 1. The van der Waals surface area contributed by atoms with Crippen molar-refractivity contribution in [2.45, 2.75) is 43.7 Å². The number of amides is 1. The summed E-state index contributed by atoms with van der Waals surface area (Å²) in [5.74, 6) is -1.90. The van der Waals surface area contributed by atoms with Crippen LogP contribution in [0, 0.1) is 5.82 Å². The van der Waals surface area contributed by atoms with Gasteiger partial charge in [-0.2, -0.15) is 0 Å². The lowest BCUT2D eigenvalue weighted by Gasteiger charge is -2.18. The summed E-state index contributed by atoms with van der Waals surface area (Å²) in [4.78, 5) is 24.7. The lowest BCUT2D eigenvalue weighted by Crippen LogP contribution is -2.41. The second-order valence-corrected chi connectivity index (χ2v) is 9.77. The molecule has 0 aliphatic rings. The number of benzene rings is 3. The van der Waals surface area contributed by atoms with Gasteiger partial charge in [0.1, 0.15) is 5.82 Å². The first kappa shape index (κ1) is 25.9. The van der Waals surface area contributed by atoms with Crippen LogP contribution in [0.3, 0.4) is 0 Å². The molecule has 7 nitrogen and oxygen atoms in total.